The van der Waals surface area contributed by atoms with Crippen LogP contribution in [-0.2, 0) is 4.79 Å². The first kappa shape index (κ1) is 11.0. The van der Waals surface area contributed by atoms with Gasteiger partial charge in [0.05, 0.1) is 0 Å². The quantitative estimate of drug-likeness (QED) is 0.795. The molecule has 86 valence electrons. The lowest BCUT2D eigenvalue weighted by atomic mass is 9.93. The highest BCUT2D eigenvalue weighted by Gasteiger charge is 2.37. The first-order valence-corrected chi connectivity index (χ1v) is 5.73. The number of para-hydroxylation sites is 1. The lowest BCUT2D eigenvalue weighted by molar-refractivity contribution is -0.122. The Balaban J connectivity index is 2.10. The Morgan fingerprint density at radius 2 is 2.06 bits per heavy atom. The zero-order valence-corrected chi connectivity index (χ0v) is 9.57. The molecule has 0 heterocycles. The number of hydrogen-bond acceptors (Lipinski definition) is 2. The van der Waals surface area contributed by atoms with Crippen molar-refractivity contribution in [3.8, 4) is 0 Å². The van der Waals surface area contributed by atoms with Gasteiger partial charge in [0.25, 0.3) is 0 Å². The first-order valence-electron chi connectivity index (χ1n) is 5.73. The molecular weight excluding hydrogens is 200 g/mol. The number of primary amides is 1. The third-order valence-corrected chi connectivity index (χ3v) is 3.13. The molecule has 1 fully saturated rings. The van der Waals surface area contributed by atoms with Crippen LogP contribution in [0.4, 0.5) is 5.69 Å². The number of carbonyl (C=O) groups is 1. The van der Waals surface area contributed by atoms with E-state index >= 15 is 0 Å². The summed E-state index contributed by atoms with van der Waals surface area (Å²) in [5.41, 5.74) is 5.82. The molecule has 0 spiro atoms. The van der Waals surface area contributed by atoms with E-state index < -0.39 is 5.54 Å². The van der Waals surface area contributed by atoms with Crippen LogP contribution < -0.4 is 11.1 Å². The van der Waals surface area contributed by atoms with E-state index in [1.807, 2.05) is 37.3 Å². The van der Waals surface area contributed by atoms with Gasteiger partial charge in [-0.25, -0.2) is 0 Å². The lowest BCUT2D eigenvalue weighted by Crippen LogP contribution is -2.48. The Hall–Kier alpha value is -1.51. The zero-order chi connectivity index (χ0) is 11.6. The van der Waals surface area contributed by atoms with Crippen LogP contribution in [0.5, 0.6) is 0 Å². The number of anilines is 1. The Kier molecular flexibility index (Phi) is 2.86. The summed E-state index contributed by atoms with van der Waals surface area (Å²) < 4.78 is 0. The monoisotopic (exact) mass is 218 g/mol. The van der Waals surface area contributed by atoms with Gasteiger partial charge in [0.2, 0.25) is 5.91 Å². The molecule has 3 heteroatoms. The minimum Gasteiger partial charge on any atom is -0.371 e. The van der Waals surface area contributed by atoms with Gasteiger partial charge in [0.1, 0.15) is 5.54 Å². The maximum atomic E-state index is 11.5. The minimum absolute atomic E-state index is 0.275. The zero-order valence-electron chi connectivity index (χ0n) is 9.57. The molecule has 3 N–H and O–H groups in total. The summed E-state index contributed by atoms with van der Waals surface area (Å²) in [6.07, 6.45) is 3.27. The highest BCUT2D eigenvalue weighted by atomic mass is 16.1. The van der Waals surface area contributed by atoms with E-state index in [1.165, 1.54) is 12.8 Å². The van der Waals surface area contributed by atoms with E-state index in [9.17, 15) is 4.79 Å². The van der Waals surface area contributed by atoms with E-state index in [2.05, 4.69) is 5.32 Å². The molecule has 0 radical (unpaired) electrons. The highest BCUT2D eigenvalue weighted by molar-refractivity contribution is 5.87. The molecule has 16 heavy (non-hydrogen) atoms. The van der Waals surface area contributed by atoms with Crippen molar-refractivity contribution in [1.29, 1.82) is 0 Å². The van der Waals surface area contributed by atoms with Crippen LogP contribution >= 0.6 is 0 Å². The largest absolute Gasteiger partial charge is 0.371 e. The third kappa shape index (κ3) is 2.54. The molecular formula is C13H18N2O. The average Bonchev–Trinajstić information content (AvgIpc) is 3.02. The van der Waals surface area contributed by atoms with Gasteiger partial charge in [0.15, 0.2) is 0 Å². The van der Waals surface area contributed by atoms with Gasteiger partial charge < -0.3 is 11.1 Å². The summed E-state index contributed by atoms with van der Waals surface area (Å²) in [6, 6.07) is 9.75. The van der Waals surface area contributed by atoms with Crippen molar-refractivity contribution in [3.63, 3.8) is 0 Å². The third-order valence-electron chi connectivity index (χ3n) is 3.13. The van der Waals surface area contributed by atoms with Crippen molar-refractivity contribution in [2.24, 2.45) is 11.7 Å². The second-order valence-corrected chi connectivity index (χ2v) is 4.83. The van der Waals surface area contributed by atoms with Gasteiger partial charge in [-0.1, -0.05) is 31.0 Å². The second kappa shape index (κ2) is 4.16. The van der Waals surface area contributed by atoms with Crippen LogP contribution in [0, 0.1) is 5.92 Å². The summed E-state index contributed by atoms with van der Waals surface area (Å²) in [5, 5.41) is 3.25. The highest BCUT2D eigenvalue weighted by Crippen LogP contribution is 2.37. The molecule has 3 nitrogen and oxygen atoms in total. The average molecular weight is 218 g/mol. The van der Waals surface area contributed by atoms with Crippen LogP contribution in [0.3, 0.4) is 0 Å². The Morgan fingerprint density at radius 1 is 1.44 bits per heavy atom. The summed E-state index contributed by atoms with van der Waals surface area (Å²) >= 11 is 0. The molecule has 1 aliphatic rings. The smallest absolute Gasteiger partial charge is 0.242 e. The van der Waals surface area contributed by atoms with Crippen LogP contribution in [0.25, 0.3) is 0 Å². The van der Waals surface area contributed by atoms with Crippen LogP contribution in [0.15, 0.2) is 30.3 Å². The van der Waals surface area contributed by atoms with Gasteiger partial charge in [0, 0.05) is 5.69 Å². The fraction of sp³-hybridized carbons (Fsp3) is 0.462. The molecule has 0 saturated heterocycles. The molecule has 0 aliphatic heterocycles. The summed E-state index contributed by atoms with van der Waals surface area (Å²) in [4.78, 5) is 11.5. The molecule has 1 aliphatic carbocycles. The molecule has 1 unspecified atom stereocenters. The van der Waals surface area contributed by atoms with E-state index in [4.69, 9.17) is 5.73 Å². The number of hydrogen-bond donors (Lipinski definition) is 2. The maximum Gasteiger partial charge on any atom is 0.242 e. The Morgan fingerprint density at radius 3 is 2.56 bits per heavy atom. The number of benzene rings is 1. The minimum atomic E-state index is -0.622. The predicted molar refractivity (Wildman–Crippen MR) is 65.0 cm³/mol. The molecule has 1 aromatic rings. The number of amides is 1. The number of rotatable bonds is 5. The van der Waals surface area contributed by atoms with Gasteiger partial charge in [-0.15, -0.1) is 0 Å². The van der Waals surface area contributed by atoms with Crippen LogP contribution in [0.1, 0.15) is 26.2 Å². The second-order valence-electron chi connectivity index (χ2n) is 4.83. The molecule has 1 saturated carbocycles. The van der Waals surface area contributed by atoms with Crippen LogP contribution in [-0.4, -0.2) is 11.4 Å². The van der Waals surface area contributed by atoms with Crippen molar-refractivity contribution in [2.45, 2.75) is 31.7 Å². The summed E-state index contributed by atoms with van der Waals surface area (Å²) in [6.45, 7) is 1.89. The van der Waals surface area contributed by atoms with E-state index in [0.29, 0.717) is 5.92 Å². The van der Waals surface area contributed by atoms with Gasteiger partial charge in [-0.05, 0) is 31.4 Å². The van der Waals surface area contributed by atoms with Crippen molar-refractivity contribution in [2.75, 3.05) is 5.32 Å². The standard InChI is InChI=1S/C13H18N2O/c1-13(12(14)16,9-10-7-8-10)15-11-5-3-2-4-6-11/h2-6,10,15H,7-9H2,1H3,(H2,14,16). The fourth-order valence-corrected chi connectivity index (χ4v) is 1.95. The van der Waals surface area contributed by atoms with Gasteiger partial charge >= 0.3 is 0 Å². The molecule has 1 atom stereocenters. The normalized spacial score (nSPS) is 18.8. The number of carbonyl (C=O) groups excluding carboxylic acids is 1. The molecule has 0 aromatic heterocycles. The SMILES string of the molecule is CC(CC1CC1)(Nc1ccccc1)C(N)=O. The number of nitrogens with one attached hydrogen (secondary N) is 1. The van der Waals surface area contributed by atoms with Gasteiger partial charge in [-0.2, -0.15) is 0 Å². The van der Waals surface area contributed by atoms with E-state index in [-0.39, 0.29) is 5.91 Å². The van der Waals surface area contributed by atoms with Crippen molar-refractivity contribution < 1.29 is 4.79 Å². The molecule has 2 rings (SSSR count). The Bertz CT molecular complexity index is 373. The fourth-order valence-electron chi connectivity index (χ4n) is 1.95. The topological polar surface area (TPSA) is 55.1 Å². The molecule has 1 aromatic carbocycles. The Labute approximate surface area is 96.0 Å². The van der Waals surface area contributed by atoms with Gasteiger partial charge in [-0.3, -0.25) is 4.79 Å². The van der Waals surface area contributed by atoms with Crippen molar-refractivity contribution >= 4 is 11.6 Å². The summed E-state index contributed by atoms with van der Waals surface area (Å²) in [5.74, 6) is 0.386. The van der Waals surface area contributed by atoms with E-state index in [0.717, 1.165) is 12.1 Å². The lowest BCUT2D eigenvalue weighted by Gasteiger charge is -2.28. The summed E-state index contributed by atoms with van der Waals surface area (Å²) in [7, 11) is 0. The molecule has 1 amide bonds. The number of nitrogens with two attached hydrogens (primary N) is 1. The maximum absolute atomic E-state index is 11.5. The molecule has 0 bridgehead atoms. The van der Waals surface area contributed by atoms with Crippen molar-refractivity contribution in [1.82, 2.24) is 0 Å². The van der Waals surface area contributed by atoms with Crippen LogP contribution in [0.2, 0.25) is 0 Å². The predicted octanol–water partition coefficient (Wildman–Crippen LogP) is 2.14. The van der Waals surface area contributed by atoms with Crippen molar-refractivity contribution in [3.05, 3.63) is 30.3 Å². The van der Waals surface area contributed by atoms with E-state index in [1.54, 1.807) is 0 Å². The first-order chi connectivity index (χ1) is 7.60.